The second kappa shape index (κ2) is 8.60. The standard InChI is InChI=1S/C26H30N4O4/c1-17-12-18(13-22-25(17)34-11-10-33-22)14-27-20-6-8-28(9-7-20)15-21-16-29-23(31)4-2-19-3-5-24(32)30(21)26(19)29/h2-5,12-13,20-21,27H,6-11,14-16H2,1H3/t21-/m1/s1. The van der Waals surface area contributed by atoms with E-state index in [1.165, 1.54) is 5.56 Å². The summed E-state index contributed by atoms with van der Waals surface area (Å²) in [5, 5.41) is 4.65. The van der Waals surface area contributed by atoms with E-state index in [2.05, 4.69) is 29.3 Å². The lowest BCUT2D eigenvalue weighted by Crippen LogP contribution is -2.44. The number of aryl methyl sites for hydroxylation is 1. The van der Waals surface area contributed by atoms with Gasteiger partial charge in [0.05, 0.1) is 6.04 Å². The van der Waals surface area contributed by atoms with E-state index in [0.29, 0.717) is 25.8 Å². The van der Waals surface area contributed by atoms with Gasteiger partial charge < -0.3 is 19.7 Å². The molecule has 1 aromatic carbocycles. The van der Waals surface area contributed by atoms with E-state index in [-0.39, 0.29) is 17.2 Å². The van der Waals surface area contributed by atoms with Gasteiger partial charge in [-0.15, -0.1) is 0 Å². The van der Waals surface area contributed by atoms with Gasteiger partial charge in [0.1, 0.15) is 18.9 Å². The summed E-state index contributed by atoms with van der Waals surface area (Å²) in [6.45, 7) is 7.39. The van der Waals surface area contributed by atoms with Crippen LogP contribution < -0.4 is 25.9 Å². The third kappa shape index (κ3) is 3.80. The Morgan fingerprint density at radius 3 is 2.59 bits per heavy atom. The minimum absolute atomic E-state index is 0.00324. The van der Waals surface area contributed by atoms with Crippen molar-refractivity contribution in [1.29, 1.82) is 0 Å². The highest BCUT2D eigenvalue weighted by atomic mass is 16.6. The van der Waals surface area contributed by atoms with Crippen LogP contribution in [0.2, 0.25) is 0 Å². The first-order valence-corrected chi connectivity index (χ1v) is 12.2. The fraction of sp³-hybridized carbons (Fsp3) is 0.462. The van der Waals surface area contributed by atoms with Gasteiger partial charge in [-0.3, -0.25) is 18.7 Å². The van der Waals surface area contributed by atoms with Gasteiger partial charge >= 0.3 is 0 Å². The van der Waals surface area contributed by atoms with Crippen LogP contribution in [0.25, 0.3) is 11.0 Å². The molecule has 0 amide bonds. The molecule has 2 aromatic heterocycles. The number of aromatic nitrogens is 2. The first kappa shape index (κ1) is 21.4. The lowest BCUT2D eigenvalue weighted by atomic mass is 10.0. The number of fused-ring (bicyclic) bond motifs is 1. The Kier molecular flexibility index (Phi) is 5.42. The predicted molar refractivity (Wildman–Crippen MR) is 130 cm³/mol. The molecule has 1 atom stereocenters. The van der Waals surface area contributed by atoms with Gasteiger partial charge in [-0.25, -0.2) is 0 Å². The fourth-order valence-electron chi connectivity index (χ4n) is 5.67. The number of likely N-dealkylation sites (tertiary alicyclic amines) is 1. The number of nitrogens with one attached hydrogen (secondary N) is 1. The monoisotopic (exact) mass is 462 g/mol. The van der Waals surface area contributed by atoms with Crippen LogP contribution in [0.1, 0.15) is 30.0 Å². The summed E-state index contributed by atoms with van der Waals surface area (Å²) in [6, 6.07) is 11.6. The van der Waals surface area contributed by atoms with Crippen LogP contribution in [0.4, 0.5) is 0 Å². The van der Waals surface area contributed by atoms with E-state index in [1.54, 1.807) is 16.7 Å². The van der Waals surface area contributed by atoms with Crippen molar-refractivity contribution in [3.8, 4) is 11.5 Å². The maximum absolute atomic E-state index is 12.6. The average Bonchev–Trinajstić information content (AvgIpc) is 3.24. The van der Waals surface area contributed by atoms with E-state index in [9.17, 15) is 9.59 Å². The predicted octanol–water partition coefficient (Wildman–Crippen LogP) is 2.05. The Morgan fingerprint density at radius 2 is 1.76 bits per heavy atom. The van der Waals surface area contributed by atoms with Crippen LogP contribution in [0.5, 0.6) is 11.5 Å². The number of nitrogens with zero attached hydrogens (tertiary/aromatic N) is 3. The lowest BCUT2D eigenvalue weighted by Gasteiger charge is -2.34. The quantitative estimate of drug-likeness (QED) is 0.626. The second-order valence-electron chi connectivity index (χ2n) is 9.65. The van der Waals surface area contributed by atoms with Gasteiger partial charge in [0.2, 0.25) is 0 Å². The van der Waals surface area contributed by atoms with Crippen molar-refractivity contribution in [3.63, 3.8) is 0 Å². The summed E-state index contributed by atoms with van der Waals surface area (Å²) >= 11 is 0. The molecule has 0 bridgehead atoms. The zero-order valence-electron chi connectivity index (χ0n) is 19.5. The number of benzene rings is 1. The summed E-state index contributed by atoms with van der Waals surface area (Å²) in [7, 11) is 0. The van der Waals surface area contributed by atoms with Gasteiger partial charge in [0.25, 0.3) is 11.1 Å². The number of hydrogen-bond donors (Lipinski definition) is 1. The first-order chi connectivity index (χ1) is 16.6. The molecule has 1 saturated heterocycles. The minimum Gasteiger partial charge on any atom is -0.486 e. The van der Waals surface area contributed by atoms with Crippen LogP contribution in [-0.4, -0.2) is 52.9 Å². The molecule has 0 spiro atoms. The topological polar surface area (TPSA) is 77.7 Å². The van der Waals surface area contributed by atoms with Crippen LogP contribution in [0.15, 0.2) is 46.0 Å². The molecule has 3 aromatic rings. The van der Waals surface area contributed by atoms with E-state index >= 15 is 0 Å². The molecule has 8 nitrogen and oxygen atoms in total. The van der Waals surface area contributed by atoms with Gasteiger partial charge in [0, 0.05) is 43.2 Å². The fourth-order valence-corrected chi connectivity index (χ4v) is 5.67. The van der Waals surface area contributed by atoms with Gasteiger partial charge in [0.15, 0.2) is 11.5 Å². The number of pyridine rings is 2. The maximum Gasteiger partial charge on any atom is 0.252 e. The molecule has 0 saturated carbocycles. The molecule has 178 valence electrons. The zero-order chi connectivity index (χ0) is 23.2. The largest absolute Gasteiger partial charge is 0.486 e. The molecular formula is C26H30N4O4. The number of hydrogen-bond acceptors (Lipinski definition) is 6. The van der Waals surface area contributed by atoms with Crippen LogP contribution >= 0.6 is 0 Å². The highest BCUT2D eigenvalue weighted by Gasteiger charge is 2.29. The van der Waals surface area contributed by atoms with Crippen molar-refractivity contribution in [1.82, 2.24) is 19.4 Å². The Balaban J connectivity index is 1.07. The normalized spacial score (nSPS) is 20.2. The third-order valence-corrected chi connectivity index (χ3v) is 7.35. The molecule has 0 unspecified atom stereocenters. The van der Waals surface area contributed by atoms with E-state index < -0.39 is 0 Å². The van der Waals surface area contributed by atoms with Gasteiger partial charge in [-0.2, -0.15) is 0 Å². The Labute approximate surface area is 197 Å². The molecule has 8 heteroatoms. The molecule has 5 heterocycles. The molecule has 6 rings (SSSR count). The number of piperidine rings is 1. The summed E-state index contributed by atoms with van der Waals surface area (Å²) < 4.78 is 15.1. The van der Waals surface area contributed by atoms with Gasteiger partial charge in [-0.1, -0.05) is 6.07 Å². The molecule has 0 radical (unpaired) electrons. The van der Waals surface area contributed by atoms with Crippen molar-refractivity contribution in [2.45, 2.75) is 44.9 Å². The molecule has 3 aliphatic rings. The maximum atomic E-state index is 12.6. The zero-order valence-corrected chi connectivity index (χ0v) is 19.5. The highest BCUT2D eigenvalue weighted by molar-refractivity contribution is 5.76. The van der Waals surface area contributed by atoms with Crippen molar-refractivity contribution in [2.75, 3.05) is 32.8 Å². The van der Waals surface area contributed by atoms with Crippen molar-refractivity contribution < 1.29 is 9.47 Å². The number of ether oxygens (including phenoxy) is 2. The molecule has 34 heavy (non-hydrogen) atoms. The summed E-state index contributed by atoms with van der Waals surface area (Å²) in [4.78, 5) is 27.5. The van der Waals surface area contributed by atoms with Crippen molar-refractivity contribution in [2.24, 2.45) is 0 Å². The van der Waals surface area contributed by atoms with Crippen LogP contribution in [0, 0.1) is 6.92 Å². The van der Waals surface area contributed by atoms with Crippen molar-refractivity contribution in [3.05, 3.63) is 68.2 Å². The summed E-state index contributed by atoms with van der Waals surface area (Å²) in [5.74, 6) is 1.72. The Morgan fingerprint density at radius 1 is 1.00 bits per heavy atom. The van der Waals surface area contributed by atoms with Crippen LogP contribution in [0.3, 0.4) is 0 Å². The third-order valence-electron chi connectivity index (χ3n) is 7.35. The van der Waals surface area contributed by atoms with E-state index in [1.807, 2.05) is 16.7 Å². The lowest BCUT2D eigenvalue weighted by molar-refractivity contribution is 0.169. The smallest absolute Gasteiger partial charge is 0.252 e. The molecule has 3 aliphatic heterocycles. The minimum atomic E-state index is -0.0355. The SMILES string of the molecule is Cc1cc(CNC2CCN(C[C@@H]3Cn4c(=O)ccc5ccc(=O)n3c54)CC2)cc2c1OCCO2. The Hall–Kier alpha value is -3.10. The average molecular weight is 463 g/mol. The molecule has 0 aliphatic carbocycles. The van der Waals surface area contributed by atoms with Gasteiger partial charge in [-0.05, 0) is 62.2 Å². The molecule has 1 N–H and O–H groups in total. The highest BCUT2D eigenvalue weighted by Crippen LogP contribution is 2.34. The molecular weight excluding hydrogens is 432 g/mol. The Bertz CT molecular complexity index is 1350. The first-order valence-electron chi connectivity index (χ1n) is 12.2. The summed E-state index contributed by atoms with van der Waals surface area (Å²) in [5.41, 5.74) is 3.03. The van der Waals surface area contributed by atoms with E-state index in [0.717, 1.165) is 67.1 Å². The van der Waals surface area contributed by atoms with Crippen LogP contribution in [-0.2, 0) is 13.1 Å². The van der Waals surface area contributed by atoms with E-state index in [4.69, 9.17) is 9.47 Å². The van der Waals surface area contributed by atoms with Crippen molar-refractivity contribution >= 4 is 11.0 Å². The summed E-state index contributed by atoms with van der Waals surface area (Å²) in [6.07, 6.45) is 2.12. The number of rotatable bonds is 5. The second-order valence-corrected chi connectivity index (χ2v) is 9.65. The molecule has 1 fully saturated rings.